The van der Waals surface area contributed by atoms with Gasteiger partial charge in [0.1, 0.15) is 11.5 Å². The Morgan fingerprint density at radius 3 is 2.44 bits per heavy atom. The molecule has 4 heteroatoms. The minimum Gasteiger partial charge on any atom is -0.461 e. The Labute approximate surface area is 150 Å². The van der Waals surface area contributed by atoms with Crippen molar-refractivity contribution in [3.05, 3.63) is 48.2 Å². The normalized spacial score (nSPS) is 15.7. The van der Waals surface area contributed by atoms with Crippen LogP contribution in [0.3, 0.4) is 0 Å². The van der Waals surface area contributed by atoms with Gasteiger partial charge in [0.15, 0.2) is 0 Å². The number of amides is 1. The average molecular weight is 340 g/mol. The molecule has 0 spiro atoms. The molecule has 0 saturated carbocycles. The molecule has 1 aliphatic rings. The zero-order chi connectivity index (χ0) is 17.6. The Kier molecular flexibility index (Phi) is 5.92. The molecular formula is C21H28N2O2. The molecule has 1 aromatic heterocycles. The number of piperazine rings is 1. The Morgan fingerprint density at radius 1 is 1.04 bits per heavy atom. The van der Waals surface area contributed by atoms with E-state index in [4.69, 9.17) is 4.42 Å². The number of hydrogen-bond donors (Lipinski definition) is 0. The molecule has 0 bridgehead atoms. The first kappa shape index (κ1) is 17.7. The monoisotopic (exact) mass is 340 g/mol. The lowest BCUT2D eigenvalue weighted by Crippen LogP contribution is -2.49. The van der Waals surface area contributed by atoms with Gasteiger partial charge in [-0.2, -0.15) is 0 Å². The predicted molar refractivity (Wildman–Crippen MR) is 100 cm³/mol. The maximum absolute atomic E-state index is 12.4. The van der Waals surface area contributed by atoms with Crippen molar-refractivity contribution in [3.8, 4) is 11.3 Å². The lowest BCUT2D eigenvalue weighted by molar-refractivity contribution is -0.133. The first-order chi connectivity index (χ1) is 12.1. The van der Waals surface area contributed by atoms with Crippen molar-refractivity contribution >= 4 is 5.91 Å². The zero-order valence-electron chi connectivity index (χ0n) is 15.3. The fourth-order valence-corrected chi connectivity index (χ4v) is 3.35. The van der Waals surface area contributed by atoms with Crippen molar-refractivity contribution in [1.82, 2.24) is 9.80 Å². The summed E-state index contributed by atoms with van der Waals surface area (Å²) in [5.41, 5.74) is 1.07. The fourth-order valence-electron chi connectivity index (χ4n) is 3.35. The van der Waals surface area contributed by atoms with Crippen molar-refractivity contribution in [2.75, 3.05) is 32.7 Å². The largest absolute Gasteiger partial charge is 0.461 e. The summed E-state index contributed by atoms with van der Waals surface area (Å²) in [5, 5.41) is 0. The van der Waals surface area contributed by atoms with Gasteiger partial charge in [0.2, 0.25) is 5.91 Å². The lowest BCUT2D eigenvalue weighted by Gasteiger charge is -2.35. The smallest absolute Gasteiger partial charge is 0.223 e. The summed E-state index contributed by atoms with van der Waals surface area (Å²) in [6, 6.07) is 14.0. The molecule has 1 aliphatic heterocycles. The molecule has 2 heterocycles. The van der Waals surface area contributed by atoms with Crippen molar-refractivity contribution in [1.29, 1.82) is 0 Å². The summed E-state index contributed by atoms with van der Waals surface area (Å²) < 4.78 is 5.89. The second-order valence-electron chi connectivity index (χ2n) is 7.21. The number of rotatable bonds is 6. The highest BCUT2D eigenvalue weighted by molar-refractivity contribution is 5.76. The van der Waals surface area contributed by atoms with Crippen LogP contribution < -0.4 is 0 Å². The average Bonchev–Trinajstić information content (AvgIpc) is 3.10. The highest BCUT2D eigenvalue weighted by Gasteiger charge is 2.21. The van der Waals surface area contributed by atoms with E-state index in [1.807, 2.05) is 47.4 Å². The number of hydrogen-bond acceptors (Lipinski definition) is 3. The van der Waals surface area contributed by atoms with Gasteiger partial charge in [0.05, 0.1) is 0 Å². The van der Waals surface area contributed by atoms with Crippen LogP contribution in [0.1, 0.15) is 26.0 Å². The van der Waals surface area contributed by atoms with Crippen LogP contribution in [0.4, 0.5) is 0 Å². The number of carbonyl (C=O) groups is 1. The zero-order valence-corrected chi connectivity index (χ0v) is 15.3. The standard InChI is InChI=1S/C21H28N2O2/c1-17(2)16-22-12-14-23(15-13-22)21(24)11-9-19-8-10-20(25-19)18-6-4-3-5-7-18/h3-8,10,17H,9,11-16H2,1-2H3. The molecule has 1 fully saturated rings. The number of aryl methyl sites for hydroxylation is 1. The Hall–Kier alpha value is -2.07. The van der Waals surface area contributed by atoms with E-state index in [0.717, 1.165) is 49.8 Å². The van der Waals surface area contributed by atoms with Crippen LogP contribution in [-0.2, 0) is 11.2 Å². The van der Waals surface area contributed by atoms with Gasteiger partial charge in [-0.15, -0.1) is 0 Å². The minimum atomic E-state index is 0.238. The molecule has 2 aromatic rings. The second kappa shape index (κ2) is 8.34. The van der Waals surface area contributed by atoms with E-state index in [1.165, 1.54) is 0 Å². The lowest BCUT2D eigenvalue weighted by atomic mass is 10.1. The van der Waals surface area contributed by atoms with Gasteiger partial charge in [-0.1, -0.05) is 44.2 Å². The Morgan fingerprint density at radius 2 is 1.76 bits per heavy atom. The SMILES string of the molecule is CC(C)CN1CCN(C(=O)CCc2ccc(-c3ccccc3)o2)CC1. The third-order valence-electron chi connectivity index (χ3n) is 4.65. The van der Waals surface area contributed by atoms with E-state index < -0.39 is 0 Å². The molecule has 134 valence electrons. The highest BCUT2D eigenvalue weighted by atomic mass is 16.3. The van der Waals surface area contributed by atoms with Gasteiger partial charge in [0.25, 0.3) is 0 Å². The molecule has 1 aromatic carbocycles. The second-order valence-corrected chi connectivity index (χ2v) is 7.21. The van der Waals surface area contributed by atoms with Crippen molar-refractivity contribution in [3.63, 3.8) is 0 Å². The quantitative estimate of drug-likeness (QED) is 0.805. The van der Waals surface area contributed by atoms with Crippen molar-refractivity contribution in [2.45, 2.75) is 26.7 Å². The van der Waals surface area contributed by atoms with Crippen LogP contribution in [0.25, 0.3) is 11.3 Å². The molecule has 1 amide bonds. The molecule has 3 rings (SSSR count). The number of furan rings is 1. The highest BCUT2D eigenvalue weighted by Crippen LogP contribution is 2.22. The van der Waals surface area contributed by atoms with Crippen LogP contribution in [0.5, 0.6) is 0 Å². The van der Waals surface area contributed by atoms with E-state index in [9.17, 15) is 4.79 Å². The van der Waals surface area contributed by atoms with Gasteiger partial charge >= 0.3 is 0 Å². The molecule has 25 heavy (non-hydrogen) atoms. The van der Waals surface area contributed by atoms with E-state index in [-0.39, 0.29) is 5.91 Å². The van der Waals surface area contributed by atoms with Gasteiger partial charge in [0, 0.05) is 51.1 Å². The van der Waals surface area contributed by atoms with Crippen molar-refractivity contribution < 1.29 is 9.21 Å². The van der Waals surface area contributed by atoms with Gasteiger partial charge in [-0.25, -0.2) is 0 Å². The number of benzene rings is 1. The molecule has 0 unspecified atom stereocenters. The van der Waals surface area contributed by atoms with Crippen LogP contribution in [0.2, 0.25) is 0 Å². The number of carbonyl (C=O) groups excluding carboxylic acids is 1. The summed E-state index contributed by atoms with van der Waals surface area (Å²) in [6.07, 6.45) is 1.18. The van der Waals surface area contributed by atoms with E-state index in [0.29, 0.717) is 18.8 Å². The van der Waals surface area contributed by atoms with Crippen molar-refractivity contribution in [2.24, 2.45) is 5.92 Å². The van der Waals surface area contributed by atoms with Gasteiger partial charge in [-0.05, 0) is 18.1 Å². The molecule has 1 saturated heterocycles. The summed E-state index contributed by atoms with van der Waals surface area (Å²) >= 11 is 0. The fraction of sp³-hybridized carbons (Fsp3) is 0.476. The Balaban J connectivity index is 1.46. The third-order valence-corrected chi connectivity index (χ3v) is 4.65. The summed E-state index contributed by atoms with van der Waals surface area (Å²) in [7, 11) is 0. The van der Waals surface area contributed by atoms with Crippen LogP contribution in [-0.4, -0.2) is 48.4 Å². The first-order valence-corrected chi connectivity index (χ1v) is 9.26. The third kappa shape index (κ3) is 4.95. The van der Waals surface area contributed by atoms with Crippen LogP contribution >= 0.6 is 0 Å². The molecule has 0 atom stereocenters. The van der Waals surface area contributed by atoms with Crippen LogP contribution in [0, 0.1) is 5.92 Å². The summed E-state index contributed by atoms with van der Waals surface area (Å²) in [5.74, 6) is 2.66. The van der Waals surface area contributed by atoms with E-state index in [2.05, 4.69) is 18.7 Å². The van der Waals surface area contributed by atoms with Gasteiger partial charge < -0.3 is 9.32 Å². The van der Waals surface area contributed by atoms with Gasteiger partial charge in [-0.3, -0.25) is 9.69 Å². The predicted octanol–water partition coefficient (Wildman–Crippen LogP) is 3.68. The molecular weight excluding hydrogens is 312 g/mol. The van der Waals surface area contributed by atoms with Crippen LogP contribution in [0.15, 0.2) is 46.9 Å². The van der Waals surface area contributed by atoms with E-state index in [1.54, 1.807) is 0 Å². The first-order valence-electron chi connectivity index (χ1n) is 9.26. The molecule has 0 N–H and O–H groups in total. The summed E-state index contributed by atoms with van der Waals surface area (Å²) in [4.78, 5) is 16.9. The maximum atomic E-state index is 12.4. The van der Waals surface area contributed by atoms with E-state index >= 15 is 0 Å². The molecule has 0 aliphatic carbocycles. The molecule has 0 radical (unpaired) electrons. The topological polar surface area (TPSA) is 36.7 Å². The maximum Gasteiger partial charge on any atom is 0.223 e. The summed E-state index contributed by atoms with van der Waals surface area (Å²) in [6.45, 7) is 9.27. The minimum absolute atomic E-state index is 0.238. The number of nitrogens with zero attached hydrogens (tertiary/aromatic N) is 2. The molecule has 4 nitrogen and oxygen atoms in total. The Bertz CT molecular complexity index is 670.